The highest BCUT2D eigenvalue weighted by Crippen LogP contribution is 2.33. The van der Waals surface area contributed by atoms with Crippen LogP contribution in [0.15, 0.2) is 36.9 Å². The lowest BCUT2D eigenvalue weighted by molar-refractivity contribution is 0.416. The Morgan fingerprint density at radius 3 is 2.64 bits per heavy atom. The van der Waals surface area contributed by atoms with Gasteiger partial charge in [-0.1, -0.05) is 42.1 Å². The van der Waals surface area contributed by atoms with Crippen molar-refractivity contribution >= 4 is 16.7 Å². The van der Waals surface area contributed by atoms with Crippen molar-refractivity contribution in [1.29, 1.82) is 0 Å². The van der Waals surface area contributed by atoms with Gasteiger partial charge in [-0.2, -0.15) is 0 Å². The molecule has 5 heteroatoms. The zero-order valence-corrected chi connectivity index (χ0v) is 13.0. The van der Waals surface area contributed by atoms with Gasteiger partial charge < -0.3 is 4.74 Å². The summed E-state index contributed by atoms with van der Waals surface area (Å²) in [5, 5.41) is 8.49. The summed E-state index contributed by atoms with van der Waals surface area (Å²) in [5.41, 5.74) is 5.22. The number of methoxy groups -OCH3 is 1. The molecule has 0 saturated heterocycles. The van der Waals surface area contributed by atoms with E-state index in [2.05, 4.69) is 34.0 Å². The second kappa shape index (κ2) is 5.60. The first kappa shape index (κ1) is 14.3. The average molecular weight is 294 g/mol. The highest BCUT2D eigenvalue weighted by atomic mass is 16.5. The lowest BCUT2D eigenvalue weighted by Crippen LogP contribution is -2.04. The molecule has 0 bridgehead atoms. The molecular formula is C17H18N4O. The molecule has 22 heavy (non-hydrogen) atoms. The van der Waals surface area contributed by atoms with E-state index in [9.17, 15) is 0 Å². The van der Waals surface area contributed by atoms with E-state index in [1.165, 1.54) is 0 Å². The van der Waals surface area contributed by atoms with Crippen molar-refractivity contribution in [2.24, 2.45) is 0 Å². The molecule has 0 amide bonds. The summed E-state index contributed by atoms with van der Waals surface area (Å²) in [6.07, 6.45) is 0. The second-order valence-electron chi connectivity index (χ2n) is 5.29. The first-order chi connectivity index (χ1) is 10.6. The van der Waals surface area contributed by atoms with Gasteiger partial charge >= 0.3 is 0 Å². The van der Waals surface area contributed by atoms with E-state index >= 15 is 0 Å². The first-order valence-electron chi connectivity index (χ1n) is 7.09. The SMILES string of the molecule is C=C(C)c1c(C)nc2c(nnn2Cc2ccccc2)c1OC. The summed E-state index contributed by atoms with van der Waals surface area (Å²) in [7, 11) is 1.64. The van der Waals surface area contributed by atoms with E-state index < -0.39 is 0 Å². The summed E-state index contributed by atoms with van der Waals surface area (Å²) in [5.74, 6) is 0.689. The van der Waals surface area contributed by atoms with Crippen LogP contribution in [0.3, 0.4) is 0 Å². The molecule has 2 heterocycles. The van der Waals surface area contributed by atoms with Gasteiger partial charge in [0.2, 0.25) is 0 Å². The number of pyridine rings is 1. The Morgan fingerprint density at radius 2 is 2.00 bits per heavy atom. The minimum atomic E-state index is 0.624. The molecule has 0 N–H and O–H groups in total. The van der Waals surface area contributed by atoms with Crippen LogP contribution in [0.5, 0.6) is 5.75 Å². The van der Waals surface area contributed by atoms with Gasteiger partial charge in [0, 0.05) is 5.56 Å². The monoisotopic (exact) mass is 294 g/mol. The Balaban J connectivity index is 2.16. The van der Waals surface area contributed by atoms with Crippen molar-refractivity contribution in [3.05, 3.63) is 53.7 Å². The number of benzene rings is 1. The van der Waals surface area contributed by atoms with E-state index in [0.717, 1.165) is 28.0 Å². The van der Waals surface area contributed by atoms with E-state index in [1.54, 1.807) is 11.8 Å². The predicted octanol–water partition coefficient (Wildman–Crippen LogP) is 3.22. The third-order valence-corrected chi connectivity index (χ3v) is 3.59. The third kappa shape index (κ3) is 2.35. The van der Waals surface area contributed by atoms with Gasteiger partial charge in [-0.05, 0) is 25.0 Å². The van der Waals surface area contributed by atoms with Gasteiger partial charge in [0.1, 0.15) is 0 Å². The van der Waals surface area contributed by atoms with Crippen molar-refractivity contribution in [2.45, 2.75) is 20.4 Å². The number of hydrogen-bond acceptors (Lipinski definition) is 4. The molecule has 0 aliphatic rings. The van der Waals surface area contributed by atoms with Crippen LogP contribution in [0.4, 0.5) is 0 Å². The van der Waals surface area contributed by atoms with Crippen LogP contribution in [0, 0.1) is 6.92 Å². The molecule has 3 aromatic rings. The molecule has 0 spiro atoms. The summed E-state index contributed by atoms with van der Waals surface area (Å²) in [6, 6.07) is 10.1. The molecule has 0 aliphatic heterocycles. The summed E-state index contributed by atoms with van der Waals surface area (Å²) in [6.45, 7) is 8.51. The number of allylic oxidation sites excluding steroid dienone is 1. The molecule has 1 aromatic carbocycles. The van der Waals surface area contributed by atoms with Gasteiger partial charge in [0.15, 0.2) is 16.9 Å². The number of aromatic nitrogens is 4. The highest BCUT2D eigenvalue weighted by molar-refractivity contribution is 5.86. The maximum Gasteiger partial charge on any atom is 0.182 e. The lowest BCUT2D eigenvalue weighted by atomic mass is 10.1. The van der Waals surface area contributed by atoms with Crippen LogP contribution in [-0.4, -0.2) is 27.1 Å². The Bertz CT molecular complexity index is 837. The fourth-order valence-electron chi connectivity index (χ4n) is 2.63. The summed E-state index contributed by atoms with van der Waals surface area (Å²) in [4.78, 5) is 4.66. The van der Waals surface area contributed by atoms with Crippen molar-refractivity contribution in [3.63, 3.8) is 0 Å². The van der Waals surface area contributed by atoms with Crippen LogP contribution in [0.25, 0.3) is 16.7 Å². The van der Waals surface area contributed by atoms with Crippen LogP contribution in [0.2, 0.25) is 0 Å². The van der Waals surface area contributed by atoms with Gasteiger partial charge in [-0.15, -0.1) is 5.10 Å². The number of ether oxygens (including phenoxy) is 1. The van der Waals surface area contributed by atoms with Crippen molar-refractivity contribution in [3.8, 4) is 5.75 Å². The quantitative estimate of drug-likeness (QED) is 0.741. The molecule has 3 rings (SSSR count). The number of rotatable bonds is 4. The standard InChI is InChI=1S/C17H18N4O/c1-11(2)14-12(3)18-17-15(16(14)22-4)19-20-21(17)10-13-8-6-5-7-9-13/h5-9H,1,10H2,2-4H3. The normalized spacial score (nSPS) is 10.9. The molecule has 0 fully saturated rings. The Hall–Kier alpha value is -2.69. The maximum absolute atomic E-state index is 5.55. The van der Waals surface area contributed by atoms with Gasteiger partial charge in [0.05, 0.1) is 19.3 Å². The zero-order chi connectivity index (χ0) is 15.7. The summed E-state index contributed by atoms with van der Waals surface area (Å²) < 4.78 is 7.34. The number of hydrogen-bond donors (Lipinski definition) is 0. The van der Waals surface area contributed by atoms with Gasteiger partial charge in [-0.3, -0.25) is 0 Å². The second-order valence-corrected chi connectivity index (χ2v) is 5.29. The van der Waals surface area contributed by atoms with Crippen molar-refractivity contribution < 1.29 is 4.74 Å². The van der Waals surface area contributed by atoms with E-state index in [1.807, 2.05) is 32.0 Å². The van der Waals surface area contributed by atoms with E-state index in [4.69, 9.17) is 4.74 Å². The summed E-state index contributed by atoms with van der Waals surface area (Å²) >= 11 is 0. The topological polar surface area (TPSA) is 52.8 Å². The molecule has 0 aliphatic carbocycles. The maximum atomic E-state index is 5.55. The predicted molar refractivity (Wildman–Crippen MR) is 86.9 cm³/mol. The first-order valence-corrected chi connectivity index (χ1v) is 7.09. The van der Waals surface area contributed by atoms with Crippen molar-refractivity contribution in [2.75, 3.05) is 7.11 Å². The fraction of sp³-hybridized carbons (Fsp3) is 0.235. The molecule has 112 valence electrons. The van der Waals surface area contributed by atoms with Crippen LogP contribution in [-0.2, 0) is 6.54 Å². The third-order valence-electron chi connectivity index (χ3n) is 3.59. The molecule has 0 unspecified atom stereocenters. The molecule has 0 atom stereocenters. The zero-order valence-electron chi connectivity index (χ0n) is 13.0. The minimum Gasteiger partial charge on any atom is -0.494 e. The van der Waals surface area contributed by atoms with Crippen LogP contribution < -0.4 is 4.74 Å². The molecule has 5 nitrogen and oxygen atoms in total. The smallest absolute Gasteiger partial charge is 0.182 e. The van der Waals surface area contributed by atoms with E-state index in [0.29, 0.717) is 17.8 Å². The fourth-order valence-corrected chi connectivity index (χ4v) is 2.63. The Morgan fingerprint density at radius 1 is 1.27 bits per heavy atom. The molecule has 0 saturated carbocycles. The average Bonchev–Trinajstić information content (AvgIpc) is 2.89. The van der Waals surface area contributed by atoms with Crippen molar-refractivity contribution in [1.82, 2.24) is 20.0 Å². The molecule has 0 radical (unpaired) electrons. The lowest BCUT2D eigenvalue weighted by Gasteiger charge is -2.11. The van der Waals surface area contributed by atoms with Crippen LogP contribution >= 0.6 is 0 Å². The van der Waals surface area contributed by atoms with E-state index in [-0.39, 0.29) is 0 Å². The highest BCUT2D eigenvalue weighted by Gasteiger charge is 2.19. The number of aryl methyl sites for hydroxylation is 1. The molecule has 2 aromatic heterocycles. The van der Waals surface area contributed by atoms with Gasteiger partial charge in [-0.25, -0.2) is 9.67 Å². The Kier molecular flexibility index (Phi) is 3.63. The Labute approximate surface area is 129 Å². The minimum absolute atomic E-state index is 0.624. The number of nitrogens with zero attached hydrogens (tertiary/aromatic N) is 4. The van der Waals surface area contributed by atoms with Gasteiger partial charge in [0.25, 0.3) is 0 Å². The van der Waals surface area contributed by atoms with Crippen LogP contribution in [0.1, 0.15) is 23.7 Å². The number of fused-ring (bicyclic) bond motifs is 1. The largest absolute Gasteiger partial charge is 0.494 e. The molecular weight excluding hydrogens is 276 g/mol.